The van der Waals surface area contributed by atoms with Crippen molar-refractivity contribution in [3.63, 3.8) is 0 Å². The van der Waals surface area contributed by atoms with Gasteiger partial charge >= 0.3 is 5.69 Å². The summed E-state index contributed by atoms with van der Waals surface area (Å²) in [5.74, 6) is -0.804. The van der Waals surface area contributed by atoms with Crippen molar-refractivity contribution in [1.82, 2.24) is 5.32 Å². The number of benzene rings is 2. The fourth-order valence-corrected chi connectivity index (χ4v) is 1.94. The van der Waals surface area contributed by atoms with Gasteiger partial charge in [-0.1, -0.05) is 36.4 Å². The normalized spacial score (nSPS) is 12.1. The SMILES string of the molecule is CC(NCc1ccc([N+](=O)[O-])c(F)c1)c1ccccc1. The predicted octanol–water partition coefficient (Wildman–Crippen LogP) is 3.58. The first kappa shape index (κ1) is 14.1. The molecule has 0 bridgehead atoms. The Kier molecular flexibility index (Phi) is 4.42. The highest BCUT2D eigenvalue weighted by Crippen LogP contribution is 2.19. The van der Waals surface area contributed by atoms with Gasteiger partial charge in [-0.3, -0.25) is 10.1 Å². The van der Waals surface area contributed by atoms with Crippen molar-refractivity contribution in [2.45, 2.75) is 19.5 Å². The summed E-state index contributed by atoms with van der Waals surface area (Å²) >= 11 is 0. The van der Waals surface area contributed by atoms with Crippen LogP contribution in [-0.2, 0) is 6.54 Å². The quantitative estimate of drug-likeness (QED) is 0.669. The largest absolute Gasteiger partial charge is 0.306 e. The molecule has 0 spiro atoms. The minimum atomic E-state index is -0.804. The van der Waals surface area contributed by atoms with Gasteiger partial charge in [0.05, 0.1) is 4.92 Å². The van der Waals surface area contributed by atoms with Crippen LogP contribution in [0.5, 0.6) is 0 Å². The number of halogens is 1. The molecule has 0 saturated heterocycles. The number of rotatable bonds is 5. The van der Waals surface area contributed by atoms with Crippen LogP contribution in [0.4, 0.5) is 10.1 Å². The number of nitro groups is 1. The molecule has 4 nitrogen and oxygen atoms in total. The van der Waals surface area contributed by atoms with Crippen LogP contribution in [0.15, 0.2) is 48.5 Å². The number of nitrogens with one attached hydrogen (secondary N) is 1. The van der Waals surface area contributed by atoms with E-state index in [0.717, 1.165) is 5.56 Å². The molecule has 0 aromatic heterocycles. The van der Waals surface area contributed by atoms with Gasteiger partial charge in [-0.2, -0.15) is 4.39 Å². The van der Waals surface area contributed by atoms with Crippen LogP contribution >= 0.6 is 0 Å². The zero-order valence-corrected chi connectivity index (χ0v) is 11.0. The molecule has 1 N–H and O–H groups in total. The molecule has 0 amide bonds. The fourth-order valence-electron chi connectivity index (χ4n) is 1.94. The van der Waals surface area contributed by atoms with Crippen LogP contribution in [0.3, 0.4) is 0 Å². The number of nitro benzene ring substituents is 1. The van der Waals surface area contributed by atoms with Crippen molar-refractivity contribution in [2.24, 2.45) is 0 Å². The van der Waals surface area contributed by atoms with Crippen LogP contribution in [0.1, 0.15) is 24.1 Å². The molecular formula is C15H15FN2O2. The van der Waals surface area contributed by atoms with Gasteiger partial charge in [0.1, 0.15) is 0 Å². The molecule has 0 saturated carbocycles. The molecule has 0 aliphatic heterocycles. The Bertz CT molecular complexity index is 602. The molecule has 0 fully saturated rings. The lowest BCUT2D eigenvalue weighted by Crippen LogP contribution is -2.18. The first-order valence-corrected chi connectivity index (χ1v) is 6.29. The van der Waals surface area contributed by atoms with Crippen molar-refractivity contribution in [2.75, 3.05) is 0 Å². The Morgan fingerprint density at radius 2 is 1.95 bits per heavy atom. The highest BCUT2D eigenvalue weighted by molar-refractivity contribution is 5.35. The van der Waals surface area contributed by atoms with E-state index in [2.05, 4.69) is 5.32 Å². The molecule has 0 aliphatic carbocycles. The molecule has 2 aromatic rings. The first-order chi connectivity index (χ1) is 9.58. The van der Waals surface area contributed by atoms with E-state index < -0.39 is 16.4 Å². The van der Waals surface area contributed by atoms with Gasteiger partial charge in [0.2, 0.25) is 5.82 Å². The topological polar surface area (TPSA) is 55.2 Å². The van der Waals surface area contributed by atoms with Crippen molar-refractivity contribution >= 4 is 5.69 Å². The molecule has 5 heteroatoms. The van der Waals surface area contributed by atoms with E-state index in [4.69, 9.17) is 0 Å². The van der Waals surface area contributed by atoms with Crippen molar-refractivity contribution in [3.05, 3.63) is 75.6 Å². The second kappa shape index (κ2) is 6.25. The van der Waals surface area contributed by atoms with Gasteiger partial charge in [0, 0.05) is 18.7 Å². The molecular weight excluding hydrogens is 259 g/mol. The average Bonchev–Trinajstić information content (AvgIpc) is 2.45. The smallest absolute Gasteiger partial charge is 0.304 e. The van der Waals surface area contributed by atoms with E-state index in [1.807, 2.05) is 37.3 Å². The zero-order valence-electron chi connectivity index (χ0n) is 11.0. The molecule has 0 radical (unpaired) electrons. The third-order valence-electron chi connectivity index (χ3n) is 3.12. The van der Waals surface area contributed by atoms with Crippen LogP contribution in [0.2, 0.25) is 0 Å². The van der Waals surface area contributed by atoms with E-state index in [1.165, 1.54) is 12.1 Å². The summed E-state index contributed by atoms with van der Waals surface area (Å²) in [5.41, 5.74) is 1.32. The lowest BCUT2D eigenvalue weighted by Gasteiger charge is -2.14. The van der Waals surface area contributed by atoms with Crippen molar-refractivity contribution in [1.29, 1.82) is 0 Å². The van der Waals surface area contributed by atoms with Gasteiger partial charge in [-0.05, 0) is 24.1 Å². The molecule has 1 atom stereocenters. The molecule has 0 heterocycles. The standard InChI is InChI=1S/C15H15FN2O2/c1-11(13-5-3-2-4-6-13)17-10-12-7-8-15(18(19)20)14(16)9-12/h2-9,11,17H,10H2,1H3. The third-order valence-corrected chi connectivity index (χ3v) is 3.12. The van der Waals surface area contributed by atoms with Crippen LogP contribution in [0, 0.1) is 15.9 Å². The van der Waals surface area contributed by atoms with Gasteiger partial charge in [-0.15, -0.1) is 0 Å². The van der Waals surface area contributed by atoms with Crippen LogP contribution in [-0.4, -0.2) is 4.92 Å². The molecule has 1 unspecified atom stereocenters. The summed E-state index contributed by atoms with van der Waals surface area (Å²) < 4.78 is 13.5. The second-order valence-corrected chi connectivity index (χ2v) is 4.56. The Morgan fingerprint density at radius 3 is 2.55 bits per heavy atom. The Hall–Kier alpha value is -2.27. The molecule has 104 valence electrons. The average molecular weight is 274 g/mol. The molecule has 20 heavy (non-hydrogen) atoms. The van der Waals surface area contributed by atoms with Crippen LogP contribution < -0.4 is 5.32 Å². The summed E-state index contributed by atoms with van der Waals surface area (Å²) in [5, 5.41) is 13.8. The highest BCUT2D eigenvalue weighted by Gasteiger charge is 2.14. The lowest BCUT2D eigenvalue weighted by molar-refractivity contribution is -0.387. The van der Waals surface area contributed by atoms with E-state index in [9.17, 15) is 14.5 Å². The van der Waals surface area contributed by atoms with Crippen molar-refractivity contribution in [3.8, 4) is 0 Å². The maximum atomic E-state index is 13.5. The minimum Gasteiger partial charge on any atom is -0.306 e. The molecule has 2 aromatic carbocycles. The van der Waals surface area contributed by atoms with Crippen LogP contribution in [0.25, 0.3) is 0 Å². The third kappa shape index (κ3) is 3.39. The fraction of sp³-hybridized carbons (Fsp3) is 0.200. The van der Waals surface area contributed by atoms with E-state index >= 15 is 0 Å². The first-order valence-electron chi connectivity index (χ1n) is 6.29. The van der Waals surface area contributed by atoms with Gasteiger partial charge in [0.25, 0.3) is 0 Å². The minimum absolute atomic E-state index is 0.120. The Morgan fingerprint density at radius 1 is 1.25 bits per heavy atom. The predicted molar refractivity (Wildman–Crippen MR) is 74.8 cm³/mol. The van der Waals surface area contributed by atoms with Crippen molar-refractivity contribution < 1.29 is 9.31 Å². The van der Waals surface area contributed by atoms with E-state index in [1.54, 1.807) is 6.07 Å². The summed E-state index contributed by atoms with van der Waals surface area (Å²) in [7, 11) is 0. The maximum absolute atomic E-state index is 13.5. The number of hydrogen-bond donors (Lipinski definition) is 1. The lowest BCUT2D eigenvalue weighted by atomic mass is 10.1. The monoisotopic (exact) mass is 274 g/mol. The maximum Gasteiger partial charge on any atom is 0.304 e. The van der Waals surface area contributed by atoms with E-state index in [-0.39, 0.29) is 6.04 Å². The Labute approximate surface area is 116 Å². The summed E-state index contributed by atoms with van der Waals surface area (Å²) in [6.45, 7) is 2.46. The summed E-state index contributed by atoms with van der Waals surface area (Å²) in [6.07, 6.45) is 0. The van der Waals surface area contributed by atoms with Gasteiger partial charge in [0.15, 0.2) is 0 Å². The zero-order chi connectivity index (χ0) is 14.5. The molecule has 0 aliphatic rings. The molecule has 2 rings (SSSR count). The summed E-state index contributed by atoms with van der Waals surface area (Å²) in [4.78, 5) is 9.81. The van der Waals surface area contributed by atoms with E-state index in [0.29, 0.717) is 12.1 Å². The van der Waals surface area contributed by atoms with Gasteiger partial charge < -0.3 is 5.32 Å². The second-order valence-electron chi connectivity index (χ2n) is 4.56. The Balaban J connectivity index is 2.01. The van der Waals surface area contributed by atoms with Gasteiger partial charge in [-0.25, -0.2) is 0 Å². The highest BCUT2D eigenvalue weighted by atomic mass is 19.1. The summed E-state index contributed by atoms with van der Waals surface area (Å²) in [6, 6.07) is 13.9. The number of nitrogens with zero attached hydrogens (tertiary/aromatic N) is 1. The number of hydrogen-bond acceptors (Lipinski definition) is 3.